The number of benzene rings is 1. The summed E-state index contributed by atoms with van der Waals surface area (Å²) in [5.74, 6) is 0. The summed E-state index contributed by atoms with van der Waals surface area (Å²) in [6, 6.07) is 8.22. The molecule has 3 nitrogen and oxygen atoms in total. The molecule has 0 saturated carbocycles. The van der Waals surface area contributed by atoms with E-state index in [0.29, 0.717) is 0 Å². The number of nitrogens with two attached hydrogens (primary N) is 1. The number of hydrogen-bond acceptors (Lipinski definition) is 1. The summed E-state index contributed by atoms with van der Waals surface area (Å²) in [4.78, 5) is 0. The Labute approximate surface area is 103 Å². The molecular weight excluding hydrogens is 210 g/mol. The topological polar surface area (TPSA) is 30.9 Å². The molecule has 0 spiro atoms. The van der Waals surface area contributed by atoms with Crippen LogP contribution in [0, 0.1) is 0 Å². The van der Waals surface area contributed by atoms with Crippen molar-refractivity contribution < 1.29 is 4.48 Å². The first-order valence-electron chi connectivity index (χ1n) is 6.11. The van der Waals surface area contributed by atoms with Crippen molar-refractivity contribution in [2.75, 3.05) is 33.4 Å². The molecule has 0 unspecified atom stereocenters. The number of nitrogens with zero attached hydrogens (tertiary/aromatic N) is 2. The van der Waals surface area contributed by atoms with Gasteiger partial charge >= 0.3 is 0 Å². The molecule has 0 aliphatic heterocycles. The number of aryl methyl sites for hydroxylation is 1. The van der Waals surface area contributed by atoms with E-state index in [1.807, 2.05) is 12.1 Å². The second-order valence-electron chi connectivity index (χ2n) is 5.66. The van der Waals surface area contributed by atoms with Crippen LogP contribution in [-0.2, 0) is 6.54 Å². The van der Waals surface area contributed by atoms with Crippen LogP contribution < -0.4 is 5.73 Å². The maximum Gasteiger partial charge on any atom is 0.0797 e. The third-order valence-corrected chi connectivity index (χ3v) is 3.08. The lowest BCUT2D eigenvalue weighted by atomic mass is 10.2. The Kier molecular flexibility index (Phi) is 3.11. The number of anilines is 1. The highest BCUT2D eigenvalue weighted by Crippen LogP contribution is 2.22. The summed E-state index contributed by atoms with van der Waals surface area (Å²) >= 11 is 0. The molecule has 0 atom stereocenters. The summed E-state index contributed by atoms with van der Waals surface area (Å²) < 4.78 is 3.31. The lowest BCUT2D eigenvalue weighted by Gasteiger charge is -2.23. The zero-order chi connectivity index (χ0) is 12.5. The first kappa shape index (κ1) is 12.0. The van der Waals surface area contributed by atoms with Crippen molar-refractivity contribution >= 4 is 16.6 Å². The van der Waals surface area contributed by atoms with Crippen molar-refractivity contribution in [3.8, 4) is 0 Å². The Morgan fingerprint density at radius 1 is 1.18 bits per heavy atom. The Bertz CT molecular complexity index is 506. The fourth-order valence-corrected chi connectivity index (χ4v) is 2.16. The number of nitrogen functional groups attached to an aromatic ring is 1. The van der Waals surface area contributed by atoms with E-state index >= 15 is 0 Å². The Morgan fingerprint density at radius 3 is 2.65 bits per heavy atom. The minimum absolute atomic E-state index is 0.868. The van der Waals surface area contributed by atoms with Gasteiger partial charge in [0.05, 0.1) is 33.2 Å². The molecule has 0 aliphatic carbocycles. The van der Waals surface area contributed by atoms with E-state index in [-0.39, 0.29) is 0 Å². The summed E-state index contributed by atoms with van der Waals surface area (Å²) in [6.45, 7) is 2.24. The van der Waals surface area contributed by atoms with Crippen LogP contribution in [0.15, 0.2) is 30.5 Å². The molecule has 1 aromatic carbocycles. The molecule has 1 heterocycles. The van der Waals surface area contributed by atoms with Crippen LogP contribution in [0.5, 0.6) is 0 Å². The minimum atomic E-state index is 0.868. The Hall–Kier alpha value is -1.48. The minimum Gasteiger partial charge on any atom is -0.398 e. The molecule has 3 heteroatoms. The van der Waals surface area contributed by atoms with Crippen LogP contribution in [0.4, 0.5) is 5.69 Å². The van der Waals surface area contributed by atoms with E-state index < -0.39 is 0 Å². The van der Waals surface area contributed by atoms with Gasteiger partial charge in [0.2, 0.25) is 0 Å². The number of aromatic nitrogens is 1. The van der Waals surface area contributed by atoms with Crippen LogP contribution in [0.1, 0.15) is 6.42 Å². The van der Waals surface area contributed by atoms with Gasteiger partial charge in [-0.05, 0) is 18.2 Å². The predicted octanol–water partition coefficient (Wildman–Crippen LogP) is 2.32. The van der Waals surface area contributed by atoms with Crippen molar-refractivity contribution in [3.05, 3.63) is 30.5 Å². The lowest BCUT2D eigenvalue weighted by Crippen LogP contribution is -2.35. The van der Waals surface area contributed by atoms with Gasteiger partial charge in [0, 0.05) is 30.2 Å². The Balaban J connectivity index is 2.12. The number of rotatable bonds is 4. The normalized spacial score (nSPS) is 12.2. The van der Waals surface area contributed by atoms with Gasteiger partial charge in [-0.15, -0.1) is 0 Å². The molecule has 0 bridgehead atoms. The molecule has 92 valence electrons. The standard InChI is InChI=1S/C14H22N3/c1-17(2,3)11-5-9-16-10-8-12-13(15)6-4-7-14(12)16/h4,6-8,10H,5,9,11,15H2,1-3H3/q+1. The van der Waals surface area contributed by atoms with Crippen molar-refractivity contribution in [2.24, 2.45) is 0 Å². The average molecular weight is 232 g/mol. The largest absolute Gasteiger partial charge is 0.398 e. The van der Waals surface area contributed by atoms with Gasteiger partial charge in [0.25, 0.3) is 0 Å². The number of fused-ring (bicyclic) bond motifs is 1. The van der Waals surface area contributed by atoms with Gasteiger partial charge in [-0.25, -0.2) is 0 Å². The quantitative estimate of drug-likeness (QED) is 0.636. The molecular formula is C14H22N3+. The molecule has 0 radical (unpaired) electrons. The van der Waals surface area contributed by atoms with Crippen molar-refractivity contribution in [1.29, 1.82) is 0 Å². The summed E-state index contributed by atoms with van der Waals surface area (Å²) in [6.07, 6.45) is 3.32. The molecule has 2 N–H and O–H groups in total. The summed E-state index contributed by atoms with van der Waals surface area (Å²) in [5, 5.41) is 1.16. The molecule has 1 aromatic heterocycles. The van der Waals surface area contributed by atoms with Crippen molar-refractivity contribution in [2.45, 2.75) is 13.0 Å². The third kappa shape index (κ3) is 2.80. The fourth-order valence-electron chi connectivity index (χ4n) is 2.16. The van der Waals surface area contributed by atoms with E-state index in [2.05, 4.69) is 44.0 Å². The van der Waals surface area contributed by atoms with Gasteiger partial charge < -0.3 is 14.8 Å². The van der Waals surface area contributed by atoms with E-state index in [0.717, 1.165) is 22.1 Å². The van der Waals surface area contributed by atoms with Gasteiger partial charge in [-0.1, -0.05) is 6.07 Å². The monoisotopic (exact) mass is 232 g/mol. The van der Waals surface area contributed by atoms with Gasteiger partial charge in [-0.3, -0.25) is 0 Å². The van der Waals surface area contributed by atoms with E-state index in [1.165, 1.54) is 18.5 Å². The number of quaternary nitrogens is 1. The second kappa shape index (κ2) is 4.41. The molecule has 2 rings (SSSR count). The predicted molar refractivity (Wildman–Crippen MR) is 73.9 cm³/mol. The van der Waals surface area contributed by atoms with Crippen LogP contribution in [0.3, 0.4) is 0 Å². The van der Waals surface area contributed by atoms with E-state index in [4.69, 9.17) is 5.73 Å². The first-order chi connectivity index (χ1) is 7.97. The highest BCUT2D eigenvalue weighted by atomic mass is 15.3. The van der Waals surface area contributed by atoms with Gasteiger partial charge in [-0.2, -0.15) is 0 Å². The zero-order valence-corrected chi connectivity index (χ0v) is 11.0. The van der Waals surface area contributed by atoms with E-state index in [9.17, 15) is 0 Å². The van der Waals surface area contributed by atoms with Crippen LogP contribution in [0.25, 0.3) is 10.9 Å². The third-order valence-electron chi connectivity index (χ3n) is 3.08. The van der Waals surface area contributed by atoms with Crippen molar-refractivity contribution in [1.82, 2.24) is 4.57 Å². The summed E-state index contributed by atoms with van der Waals surface area (Å²) in [5.41, 5.74) is 8.06. The van der Waals surface area contributed by atoms with Crippen LogP contribution >= 0.6 is 0 Å². The first-order valence-corrected chi connectivity index (χ1v) is 6.11. The van der Waals surface area contributed by atoms with Crippen LogP contribution in [-0.4, -0.2) is 36.7 Å². The highest BCUT2D eigenvalue weighted by molar-refractivity contribution is 5.91. The van der Waals surface area contributed by atoms with Crippen molar-refractivity contribution in [3.63, 3.8) is 0 Å². The van der Waals surface area contributed by atoms with Gasteiger partial charge in [0.1, 0.15) is 0 Å². The maximum absolute atomic E-state index is 5.95. The van der Waals surface area contributed by atoms with E-state index in [1.54, 1.807) is 0 Å². The Morgan fingerprint density at radius 2 is 1.94 bits per heavy atom. The molecule has 17 heavy (non-hydrogen) atoms. The molecule has 0 fully saturated rings. The lowest BCUT2D eigenvalue weighted by molar-refractivity contribution is -0.870. The summed E-state index contributed by atoms with van der Waals surface area (Å²) in [7, 11) is 6.68. The molecule has 0 aliphatic rings. The molecule has 0 saturated heterocycles. The molecule has 2 aromatic rings. The maximum atomic E-state index is 5.95. The highest BCUT2D eigenvalue weighted by Gasteiger charge is 2.07. The molecule has 0 amide bonds. The fraction of sp³-hybridized carbons (Fsp3) is 0.429. The SMILES string of the molecule is C[N+](C)(C)CCCn1ccc2c(N)cccc21. The average Bonchev–Trinajstić information content (AvgIpc) is 2.61. The zero-order valence-electron chi connectivity index (χ0n) is 11.0. The van der Waals surface area contributed by atoms with Gasteiger partial charge in [0.15, 0.2) is 0 Å². The number of hydrogen-bond donors (Lipinski definition) is 1. The smallest absolute Gasteiger partial charge is 0.0797 e. The second-order valence-corrected chi connectivity index (χ2v) is 5.66. The van der Waals surface area contributed by atoms with Crippen LogP contribution in [0.2, 0.25) is 0 Å².